The van der Waals surface area contributed by atoms with Crippen LogP contribution >= 0.6 is 0 Å². The summed E-state index contributed by atoms with van der Waals surface area (Å²) in [5.41, 5.74) is 1.25. The highest BCUT2D eigenvalue weighted by Crippen LogP contribution is 2.38. The number of amides is 2. The zero-order chi connectivity index (χ0) is 22.6. The number of nitro benzene ring substituents is 1. The number of carbonyl (C=O) groups is 2. The van der Waals surface area contributed by atoms with Crippen LogP contribution in [0.3, 0.4) is 0 Å². The molecule has 0 saturated heterocycles. The molecule has 1 aliphatic heterocycles. The molecule has 0 bridgehead atoms. The Labute approximate surface area is 180 Å². The fraction of sp³-hybridized carbons (Fsp3) is 0.304. The van der Waals surface area contributed by atoms with Crippen molar-refractivity contribution in [1.29, 1.82) is 0 Å². The Hall–Kier alpha value is -3.68. The number of nitro groups is 1. The van der Waals surface area contributed by atoms with Gasteiger partial charge in [-0.2, -0.15) is 0 Å². The first-order chi connectivity index (χ1) is 14.7. The Morgan fingerprint density at radius 3 is 2.61 bits per heavy atom. The van der Waals surface area contributed by atoms with Crippen LogP contribution in [0.4, 0.5) is 17.1 Å². The van der Waals surface area contributed by atoms with Gasteiger partial charge in [-0.05, 0) is 56.2 Å². The van der Waals surface area contributed by atoms with Gasteiger partial charge in [-0.1, -0.05) is 6.92 Å². The molecule has 2 aromatic carbocycles. The average Bonchev–Trinajstić information content (AvgIpc) is 2.83. The number of non-ortho nitro benzene ring substituents is 1. The van der Waals surface area contributed by atoms with E-state index in [1.54, 1.807) is 41.3 Å². The third-order valence-electron chi connectivity index (χ3n) is 4.91. The van der Waals surface area contributed by atoms with Gasteiger partial charge in [-0.25, -0.2) is 0 Å². The molecule has 0 fully saturated rings. The first-order valence-corrected chi connectivity index (χ1v) is 10.0. The number of ether oxygens (including phenoxy) is 1. The second-order valence-electron chi connectivity index (χ2n) is 7.98. The number of nitrogens with one attached hydrogen (secondary N) is 1. The summed E-state index contributed by atoms with van der Waals surface area (Å²) in [7, 11) is 0. The van der Waals surface area contributed by atoms with Crippen molar-refractivity contribution in [3.8, 4) is 5.75 Å². The van der Waals surface area contributed by atoms with E-state index < -0.39 is 10.3 Å². The summed E-state index contributed by atoms with van der Waals surface area (Å²) in [4.78, 5) is 37.2. The molecule has 0 saturated carbocycles. The van der Waals surface area contributed by atoms with Crippen molar-refractivity contribution in [3.63, 3.8) is 0 Å². The van der Waals surface area contributed by atoms with Crippen molar-refractivity contribution in [1.82, 2.24) is 0 Å². The van der Waals surface area contributed by atoms with E-state index in [2.05, 4.69) is 5.32 Å². The van der Waals surface area contributed by atoms with Gasteiger partial charge in [0.25, 0.3) is 5.69 Å². The molecule has 31 heavy (non-hydrogen) atoms. The van der Waals surface area contributed by atoms with E-state index in [1.807, 2.05) is 20.8 Å². The molecule has 1 aliphatic rings. The maximum Gasteiger partial charge on any atom is 0.269 e. The van der Waals surface area contributed by atoms with Gasteiger partial charge in [0.2, 0.25) is 11.8 Å². The van der Waals surface area contributed by atoms with Gasteiger partial charge >= 0.3 is 0 Å². The van der Waals surface area contributed by atoms with Crippen molar-refractivity contribution in [2.24, 2.45) is 5.41 Å². The van der Waals surface area contributed by atoms with E-state index in [-0.39, 0.29) is 24.1 Å². The molecule has 0 aromatic heterocycles. The van der Waals surface area contributed by atoms with E-state index in [4.69, 9.17) is 4.74 Å². The molecular formula is C23H25N3O5. The third-order valence-corrected chi connectivity index (χ3v) is 4.91. The number of nitrogens with zero attached hydrogens (tertiary/aromatic N) is 2. The number of fused-ring (bicyclic) bond motifs is 1. The van der Waals surface area contributed by atoms with Gasteiger partial charge in [0.05, 0.1) is 16.0 Å². The highest BCUT2D eigenvalue weighted by Gasteiger charge is 2.37. The number of hydrogen-bond acceptors (Lipinski definition) is 5. The summed E-state index contributed by atoms with van der Waals surface area (Å²) >= 11 is 0. The molecule has 2 aromatic rings. The highest BCUT2D eigenvalue weighted by molar-refractivity contribution is 6.03. The predicted molar refractivity (Wildman–Crippen MR) is 119 cm³/mol. The van der Waals surface area contributed by atoms with Crippen molar-refractivity contribution in [2.45, 2.75) is 27.2 Å². The van der Waals surface area contributed by atoms with E-state index in [9.17, 15) is 19.7 Å². The van der Waals surface area contributed by atoms with E-state index in [1.165, 1.54) is 18.2 Å². The van der Waals surface area contributed by atoms with Gasteiger partial charge < -0.3 is 15.0 Å². The Kier molecular flexibility index (Phi) is 6.39. The van der Waals surface area contributed by atoms with Gasteiger partial charge in [0, 0.05) is 36.5 Å². The monoisotopic (exact) mass is 423 g/mol. The molecule has 162 valence electrons. The maximum absolute atomic E-state index is 12.9. The van der Waals surface area contributed by atoms with Crippen LogP contribution in [0.5, 0.6) is 5.75 Å². The van der Waals surface area contributed by atoms with Crippen molar-refractivity contribution < 1.29 is 19.2 Å². The van der Waals surface area contributed by atoms with Crippen LogP contribution in [0.1, 0.15) is 32.8 Å². The van der Waals surface area contributed by atoms with Crippen molar-refractivity contribution in [2.75, 3.05) is 23.4 Å². The maximum atomic E-state index is 12.9. The first kappa shape index (κ1) is 22.0. The summed E-state index contributed by atoms with van der Waals surface area (Å²) < 4.78 is 5.91. The van der Waals surface area contributed by atoms with Crippen LogP contribution < -0.4 is 15.0 Å². The molecule has 0 atom stereocenters. The van der Waals surface area contributed by atoms with Gasteiger partial charge in [-0.15, -0.1) is 0 Å². The summed E-state index contributed by atoms with van der Waals surface area (Å²) in [5, 5.41) is 13.5. The fourth-order valence-corrected chi connectivity index (χ4v) is 3.23. The van der Waals surface area contributed by atoms with E-state index in [0.717, 1.165) is 6.42 Å². The van der Waals surface area contributed by atoms with Gasteiger partial charge in [-0.3, -0.25) is 19.7 Å². The normalized spacial score (nSPS) is 15.2. The highest BCUT2D eigenvalue weighted by atomic mass is 16.6. The largest absolute Gasteiger partial charge is 0.490 e. The molecule has 0 radical (unpaired) electrons. The lowest BCUT2D eigenvalue weighted by atomic mass is 9.93. The molecule has 1 heterocycles. The fourth-order valence-electron chi connectivity index (χ4n) is 3.23. The molecule has 3 rings (SSSR count). The third kappa shape index (κ3) is 5.09. The minimum absolute atomic E-state index is 0.00893. The SMILES string of the molecule is CCCN1C(=O)C(C)(C)COc2cc(NC(=O)/C=C/c3ccc([N+](=O)[O-])cc3)ccc21. The number of carbonyl (C=O) groups excluding carboxylic acids is 2. The molecule has 1 N–H and O–H groups in total. The average molecular weight is 423 g/mol. The Morgan fingerprint density at radius 1 is 1.26 bits per heavy atom. The van der Waals surface area contributed by atoms with E-state index >= 15 is 0 Å². The molecule has 8 nitrogen and oxygen atoms in total. The van der Waals surface area contributed by atoms with Crippen LogP contribution in [0.2, 0.25) is 0 Å². The topological polar surface area (TPSA) is 102 Å². The molecule has 8 heteroatoms. The molecule has 0 spiro atoms. The van der Waals surface area contributed by atoms with Crippen LogP contribution in [0.25, 0.3) is 6.08 Å². The summed E-state index contributed by atoms with van der Waals surface area (Å²) in [5.74, 6) is 0.203. The summed E-state index contributed by atoms with van der Waals surface area (Å²) in [6.45, 7) is 6.56. The van der Waals surface area contributed by atoms with Crippen LogP contribution in [0, 0.1) is 15.5 Å². The second kappa shape index (κ2) is 8.99. The van der Waals surface area contributed by atoms with Crippen molar-refractivity contribution in [3.05, 3.63) is 64.2 Å². The zero-order valence-corrected chi connectivity index (χ0v) is 17.8. The summed E-state index contributed by atoms with van der Waals surface area (Å²) in [6.07, 6.45) is 3.74. The molecule has 2 amide bonds. The lowest BCUT2D eigenvalue weighted by Gasteiger charge is -2.27. The Balaban J connectivity index is 1.75. The van der Waals surface area contributed by atoms with E-state index in [0.29, 0.717) is 29.2 Å². The van der Waals surface area contributed by atoms with Crippen LogP contribution in [0.15, 0.2) is 48.5 Å². The van der Waals surface area contributed by atoms with Gasteiger partial charge in [0.1, 0.15) is 12.4 Å². The summed E-state index contributed by atoms with van der Waals surface area (Å²) in [6, 6.07) is 11.1. The Bertz CT molecular complexity index is 1030. The Morgan fingerprint density at radius 2 is 1.97 bits per heavy atom. The van der Waals surface area contributed by atoms with Crippen LogP contribution in [-0.2, 0) is 9.59 Å². The smallest absolute Gasteiger partial charge is 0.269 e. The molecular weight excluding hydrogens is 398 g/mol. The second-order valence-corrected chi connectivity index (χ2v) is 7.98. The lowest BCUT2D eigenvalue weighted by Crippen LogP contribution is -2.42. The minimum Gasteiger partial charge on any atom is -0.490 e. The lowest BCUT2D eigenvalue weighted by molar-refractivity contribution is -0.384. The predicted octanol–water partition coefficient (Wildman–Crippen LogP) is 4.41. The standard InChI is InChI=1S/C23H25N3O5/c1-4-13-25-19-11-8-17(14-20(19)31-15-23(2,3)22(25)28)24-21(27)12-7-16-5-9-18(10-6-16)26(29)30/h5-12,14H,4,13,15H2,1-3H3,(H,24,27)/b12-7+. The molecule has 0 aliphatic carbocycles. The minimum atomic E-state index is -0.648. The number of hydrogen-bond donors (Lipinski definition) is 1. The number of benzene rings is 2. The first-order valence-electron chi connectivity index (χ1n) is 10.0. The number of anilines is 2. The quantitative estimate of drug-likeness (QED) is 0.421. The van der Waals surface area contributed by atoms with Crippen molar-refractivity contribution >= 4 is 35.0 Å². The van der Waals surface area contributed by atoms with Gasteiger partial charge in [0.15, 0.2) is 0 Å². The van der Waals surface area contributed by atoms with Crippen LogP contribution in [-0.4, -0.2) is 29.9 Å². The number of rotatable bonds is 6. The molecule has 0 unspecified atom stereocenters. The zero-order valence-electron chi connectivity index (χ0n) is 17.8.